The smallest absolute Gasteiger partial charge is 0.251 e. The van der Waals surface area contributed by atoms with Gasteiger partial charge < -0.3 is 69.8 Å². The standard InChI is InChI=1S/2C11H12N2O4S.2H3N.3H2O/c2*14-9(6-18)13-8-3-1-2-7(4-8)11(17)12-5-10(15)16;;;;;/h2*1-4,18H,5-6H2,(H,12,17)(H,13,14)(H,15,16);2*1H3;3*1H2. The summed E-state index contributed by atoms with van der Waals surface area (Å²) in [5.74, 6) is -4.40. The van der Waals surface area contributed by atoms with Gasteiger partial charge in [0, 0.05) is 22.5 Å². The Morgan fingerprint density at radius 1 is 0.610 bits per heavy atom. The molecule has 41 heavy (non-hydrogen) atoms. The third kappa shape index (κ3) is 19.5. The zero-order valence-electron chi connectivity index (χ0n) is 22.1. The maximum atomic E-state index is 11.5. The second kappa shape index (κ2) is 24.8. The van der Waals surface area contributed by atoms with Gasteiger partial charge in [-0.05, 0) is 36.4 Å². The molecule has 0 heterocycles. The molecule has 0 saturated carbocycles. The number of anilines is 2. The van der Waals surface area contributed by atoms with E-state index in [1.165, 1.54) is 24.3 Å². The number of aliphatic carboxylic acids is 2. The lowest BCUT2D eigenvalue weighted by Gasteiger charge is -2.08. The number of hydrogen-bond acceptors (Lipinski definition) is 10. The first-order chi connectivity index (χ1) is 17.0. The third-order valence-electron chi connectivity index (χ3n) is 3.89. The van der Waals surface area contributed by atoms with Crippen LogP contribution < -0.4 is 43.8 Å². The predicted molar refractivity (Wildman–Crippen MR) is 155 cm³/mol. The van der Waals surface area contributed by atoms with Crippen LogP contribution in [0, 0.1) is 0 Å². The van der Waals surface area contributed by atoms with Gasteiger partial charge in [0.05, 0.1) is 36.5 Å². The summed E-state index contributed by atoms with van der Waals surface area (Å²) in [5, 5.41) is 29.8. The lowest BCUT2D eigenvalue weighted by Crippen LogP contribution is -2.37. The first-order valence-corrected chi connectivity index (χ1v) is 11.3. The molecule has 2 aromatic carbocycles. The minimum absolute atomic E-state index is 0. The van der Waals surface area contributed by atoms with E-state index in [1.54, 1.807) is 24.3 Å². The van der Waals surface area contributed by atoms with Gasteiger partial charge in [0.15, 0.2) is 0 Å². The average Bonchev–Trinajstić information content (AvgIpc) is 2.86. The highest BCUT2D eigenvalue weighted by Gasteiger charge is 2.08. The normalized spacial score (nSPS) is 8.44. The van der Waals surface area contributed by atoms with Crippen molar-refractivity contribution in [3.05, 3.63) is 59.7 Å². The summed E-state index contributed by atoms with van der Waals surface area (Å²) < 4.78 is 0. The van der Waals surface area contributed by atoms with Crippen LogP contribution in [0.25, 0.3) is 0 Å². The monoisotopic (exact) mass is 624 g/mol. The number of hydrogen-bond donors (Lipinski definition) is 8. The van der Waals surface area contributed by atoms with Crippen molar-refractivity contribution in [2.75, 3.05) is 35.2 Å². The number of benzene rings is 2. The van der Waals surface area contributed by atoms with Crippen LogP contribution in [0.3, 0.4) is 0 Å². The van der Waals surface area contributed by atoms with E-state index >= 15 is 0 Å². The molecule has 4 amide bonds. The van der Waals surface area contributed by atoms with Gasteiger partial charge in [0.25, 0.3) is 11.8 Å². The zero-order valence-corrected chi connectivity index (χ0v) is 23.9. The van der Waals surface area contributed by atoms with Crippen molar-refractivity contribution in [3.8, 4) is 0 Å². The van der Waals surface area contributed by atoms with Gasteiger partial charge in [-0.1, -0.05) is 12.1 Å². The third-order valence-corrected chi connectivity index (χ3v) is 4.47. The highest BCUT2D eigenvalue weighted by atomic mass is 32.1. The van der Waals surface area contributed by atoms with Crippen molar-refractivity contribution in [2.24, 2.45) is 0 Å². The molecule has 19 heteroatoms. The van der Waals surface area contributed by atoms with E-state index in [1.807, 2.05) is 0 Å². The first-order valence-electron chi connectivity index (χ1n) is 10.0. The maximum Gasteiger partial charge on any atom is 0.251 e. The molecule has 2 aromatic rings. The van der Waals surface area contributed by atoms with Crippen LogP contribution in [0.4, 0.5) is 11.4 Å². The predicted octanol–water partition coefficient (Wildman–Crippen LogP) is -3.65. The molecule has 0 radical (unpaired) electrons. The second-order valence-electron chi connectivity index (χ2n) is 6.68. The Bertz CT molecular complexity index is 1050. The van der Waals surface area contributed by atoms with E-state index < -0.39 is 36.8 Å². The van der Waals surface area contributed by atoms with Crippen molar-refractivity contribution in [1.82, 2.24) is 22.9 Å². The molecule has 0 aliphatic carbocycles. The van der Waals surface area contributed by atoms with Crippen LogP contribution in [-0.2, 0) is 19.2 Å². The van der Waals surface area contributed by atoms with Crippen molar-refractivity contribution >= 4 is 72.2 Å². The fraction of sp³-hybridized carbons (Fsp3) is 0.182. The summed E-state index contributed by atoms with van der Waals surface area (Å²) in [5.41, 5.74) is 1.37. The number of carboxylic acid groups (broad SMARTS) is 2. The van der Waals surface area contributed by atoms with Gasteiger partial charge in [-0.15, -0.1) is 0 Å². The van der Waals surface area contributed by atoms with Gasteiger partial charge in [-0.3, -0.25) is 19.2 Å². The number of rotatable bonds is 10. The SMILES string of the molecule is O.O.O.O=C([O-])CNC(=O)c1cccc(NC(=O)CS)c1.O=C([O-])CNC(=O)c1cccc(NC(=O)CS)c1.[NH4+].[NH4+]. The Hall–Kier alpha value is -4.24. The molecule has 17 nitrogen and oxygen atoms in total. The summed E-state index contributed by atoms with van der Waals surface area (Å²) in [7, 11) is 0. The molecule has 0 atom stereocenters. The van der Waals surface area contributed by atoms with Gasteiger partial charge in [0.2, 0.25) is 11.8 Å². The number of nitrogens with one attached hydrogen (secondary N) is 4. The first kappa shape index (κ1) is 46.6. The van der Waals surface area contributed by atoms with E-state index in [0.717, 1.165) is 0 Å². The number of quaternary nitrogens is 2. The molecule has 0 fully saturated rings. The lowest BCUT2D eigenvalue weighted by molar-refractivity contribution is -0.305. The molecule has 0 unspecified atom stereocenters. The van der Waals surface area contributed by atoms with Gasteiger partial charge in [-0.25, -0.2) is 0 Å². The van der Waals surface area contributed by atoms with E-state index in [4.69, 9.17) is 0 Å². The minimum Gasteiger partial charge on any atom is -0.548 e. The summed E-state index contributed by atoms with van der Waals surface area (Å²) in [6, 6.07) is 12.2. The van der Waals surface area contributed by atoms with Gasteiger partial charge in [-0.2, -0.15) is 25.3 Å². The van der Waals surface area contributed by atoms with Crippen molar-refractivity contribution < 1.29 is 55.4 Å². The average molecular weight is 625 g/mol. The fourth-order valence-corrected chi connectivity index (χ4v) is 2.54. The Kier molecular flexibility index (Phi) is 28.2. The van der Waals surface area contributed by atoms with E-state index in [0.29, 0.717) is 11.4 Å². The van der Waals surface area contributed by atoms with E-state index in [2.05, 4.69) is 46.5 Å². The molecule has 0 bridgehead atoms. The van der Waals surface area contributed by atoms with Gasteiger partial charge in [0.1, 0.15) is 0 Å². The molecular weight excluding hydrogens is 588 g/mol. The molecule has 0 aliphatic rings. The van der Waals surface area contributed by atoms with Crippen molar-refractivity contribution in [3.63, 3.8) is 0 Å². The number of carboxylic acids is 2. The van der Waals surface area contributed by atoms with Crippen molar-refractivity contribution in [1.29, 1.82) is 0 Å². The lowest BCUT2D eigenvalue weighted by atomic mass is 10.2. The maximum absolute atomic E-state index is 11.5. The largest absolute Gasteiger partial charge is 0.548 e. The summed E-state index contributed by atoms with van der Waals surface area (Å²) in [6.07, 6.45) is 0. The summed E-state index contributed by atoms with van der Waals surface area (Å²) in [4.78, 5) is 65.7. The Balaban J connectivity index is -0.000000188. The Morgan fingerprint density at radius 3 is 1.20 bits per heavy atom. The van der Waals surface area contributed by atoms with Crippen LogP contribution in [0.1, 0.15) is 20.7 Å². The van der Waals surface area contributed by atoms with Crippen LogP contribution in [0.15, 0.2) is 48.5 Å². The minimum atomic E-state index is -1.37. The van der Waals surface area contributed by atoms with Crippen LogP contribution in [0.5, 0.6) is 0 Å². The molecule has 232 valence electrons. The number of carbonyl (C=O) groups excluding carboxylic acids is 6. The van der Waals surface area contributed by atoms with Crippen LogP contribution in [-0.4, -0.2) is 76.6 Å². The fourth-order valence-electron chi connectivity index (χ4n) is 2.39. The molecule has 18 N–H and O–H groups in total. The molecule has 0 aromatic heterocycles. The molecule has 0 aliphatic heterocycles. The molecule has 2 rings (SSSR count). The second-order valence-corrected chi connectivity index (χ2v) is 7.32. The Morgan fingerprint density at radius 2 is 0.927 bits per heavy atom. The van der Waals surface area contributed by atoms with Gasteiger partial charge >= 0.3 is 0 Å². The van der Waals surface area contributed by atoms with E-state index in [9.17, 15) is 39.0 Å². The Labute approximate surface area is 245 Å². The van der Waals surface area contributed by atoms with E-state index in [-0.39, 0.29) is 63.2 Å². The molecular formula is C22H36N6O11S2. The molecule has 0 spiro atoms. The van der Waals surface area contributed by atoms with Crippen LogP contribution >= 0.6 is 25.3 Å². The zero-order chi connectivity index (χ0) is 27.1. The highest BCUT2D eigenvalue weighted by molar-refractivity contribution is 7.81. The summed E-state index contributed by atoms with van der Waals surface area (Å²) >= 11 is 7.61. The number of thiol groups is 2. The van der Waals surface area contributed by atoms with Crippen LogP contribution in [0.2, 0.25) is 0 Å². The highest BCUT2D eigenvalue weighted by Crippen LogP contribution is 2.11. The quantitative estimate of drug-likeness (QED) is 0.121. The topological polar surface area (TPSA) is 364 Å². The molecule has 0 saturated heterocycles. The van der Waals surface area contributed by atoms with Crippen molar-refractivity contribution in [2.45, 2.75) is 0 Å². The number of carbonyl (C=O) groups is 6. The number of amides is 4. The summed E-state index contributed by atoms with van der Waals surface area (Å²) in [6.45, 7) is -1.13.